The van der Waals surface area contributed by atoms with Gasteiger partial charge in [-0.15, -0.1) is 0 Å². The number of hydrogen-bond acceptors (Lipinski definition) is 5. The minimum atomic E-state index is -0.124. The number of morpholine rings is 1. The molecule has 0 saturated carbocycles. The second-order valence-corrected chi connectivity index (χ2v) is 6.43. The summed E-state index contributed by atoms with van der Waals surface area (Å²) in [7, 11) is 0. The molecule has 0 spiro atoms. The molecule has 144 valence electrons. The van der Waals surface area contributed by atoms with Crippen molar-refractivity contribution in [2.75, 3.05) is 43.1 Å². The molecule has 7 nitrogen and oxygen atoms in total. The van der Waals surface area contributed by atoms with Crippen molar-refractivity contribution in [3.8, 4) is 0 Å². The summed E-state index contributed by atoms with van der Waals surface area (Å²) < 4.78 is 10.7. The maximum Gasteiger partial charge on any atom is 0.226 e. The minimum Gasteiger partial charge on any atom is -0.467 e. The van der Waals surface area contributed by atoms with E-state index >= 15 is 0 Å². The predicted octanol–water partition coefficient (Wildman–Crippen LogP) is 2.49. The number of para-hydroxylation sites is 2. The fraction of sp³-hybridized carbons (Fsp3) is 0.400. The van der Waals surface area contributed by atoms with Crippen molar-refractivity contribution < 1.29 is 18.7 Å². The summed E-state index contributed by atoms with van der Waals surface area (Å²) in [6, 6.07) is 11.4. The molecule has 27 heavy (non-hydrogen) atoms. The Hall–Kier alpha value is -2.80. The summed E-state index contributed by atoms with van der Waals surface area (Å²) in [6.45, 7) is 5.16. The molecule has 2 aromatic rings. The van der Waals surface area contributed by atoms with Crippen LogP contribution in [0.5, 0.6) is 0 Å². The number of ether oxygens (including phenoxy) is 1. The van der Waals surface area contributed by atoms with Gasteiger partial charge < -0.3 is 24.3 Å². The maximum absolute atomic E-state index is 12.5. The lowest BCUT2D eigenvalue weighted by Gasteiger charge is -2.30. The van der Waals surface area contributed by atoms with Crippen LogP contribution in [-0.2, 0) is 20.9 Å². The molecule has 0 radical (unpaired) electrons. The van der Waals surface area contributed by atoms with Crippen LogP contribution in [0, 0.1) is 0 Å². The van der Waals surface area contributed by atoms with E-state index < -0.39 is 0 Å². The first kappa shape index (κ1) is 19.0. The van der Waals surface area contributed by atoms with Crippen molar-refractivity contribution in [1.29, 1.82) is 0 Å². The van der Waals surface area contributed by atoms with Gasteiger partial charge in [-0.05, 0) is 24.3 Å². The molecule has 7 heteroatoms. The van der Waals surface area contributed by atoms with Crippen molar-refractivity contribution in [2.45, 2.75) is 19.9 Å². The van der Waals surface area contributed by atoms with E-state index in [0.29, 0.717) is 32.1 Å². The third kappa shape index (κ3) is 5.34. The van der Waals surface area contributed by atoms with E-state index in [1.165, 1.54) is 6.92 Å². The average Bonchev–Trinajstić information content (AvgIpc) is 3.19. The van der Waals surface area contributed by atoms with Crippen LogP contribution >= 0.6 is 0 Å². The molecule has 1 aliphatic rings. The summed E-state index contributed by atoms with van der Waals surface area (Å²) in [5, 5.41) is 2.98. The van der Waals surface area contributed by atoms with E-state index in [1.807, 2.05) is 30.3 Å². The summed E-state index contributed by atoms with van der Waals surface area (Å²) in [4.78, 5) is 28.1. The van der Waals surface area contributed by atoms with Gasteiger partial charge in [0.1, 0.15) is 5.76 Å². The highest BCUT2D eigenvalue weighted by Gasteiger charge is 2.17. The smallest absolute Gasteiger partial charge is 0.226 e. The molecular formula is C20H25N3O4. The zero-order chi connectivity index (χ0) is 19.1. The van der Waals surface area contributed by atoms with Crippen LogP contribution in [0.1, 0.15) is 19.1 Å². The van der Waals surface area contributed by atoms with Crippen LogP contribution in [0.4, 0.5) is 11.4 Å². The second-order valence-electron chi connectivity index (χ2n) is 6.43. The molecule has 1 aromatic carbocycles. The fourth-order valence-corrected chi connectivity index (χ4v) is 3.05. The summed E-state index contributed by atoms with van der Waals surface area (Å²) in [5.41, 5.74) is 1.78. The largest absolute Gasteiger partial charge is 0.467 e. The number of amides is 2. The van der Waals surface area contributed by atoms with Crippen LogP contribution in [0.25, 0.3) is 0 Å². The number of benzene rings is 1. The van der Waals surface area contributed by atoms with Crippen molar-refractivity contribution in [1.82, 2.24) is 4.90 Å². The molecule has 1 aromatic heterocycles. The summed E-state index contributed by atoms with van der Waals surface area (Å²) in [6.07, 6.45) is 1.79. The Labute approximate surface area is 158 Å². The number of anilines is 2. The van der Waals surface area contributed by atoms with E-state index in [-0.39, 0.29) is 18.2 Å². The van der Waals surface area contributed by atoms with Gasteiger partial charge in [0.2, 0.25) is 11.8 Å². The fourth-order valence-electron chi connectivity index (χ4n) is 3.05. The molecule has 1 N–H and O–H groups in total. The third-order valence-electron chi connectivity index (χ3n) is 4.51. The molecule has 1 fully saturated rings. The molecular weight excluding hydrogens is 346 g/mol. The van der Waals surface area contributed by atoms with Crippen LogP contribution in [0.3, 0.4) is 0 Å². The third-order valence-corrected chi connectivity index (χ3v) is 4.51. The van der Waals surface area contributed by atoms with Crippen molar-refractivity contribution in [3.63, 3.8) is 0 Å². The zero-order valence-corrected chi connectivity index (χ0v) is 15.5. The predicted molar refractivity (Wildman–Crippen MR) is 103 cm³/mol. The highest BCUT2D eigenvalue weighted by atomic mass is 16.5. The van der Waals surface area contributed by atoms with Gasteiger partial charge in [0, 0.05) is 33.0 Å². The topological polar surface area (TPSA) is 75.0 Å². The number of carbonyl (C=O) groups excluding carboxylic acids is 2. The van der Waals surface area contributed by atoms with E-state index in [2.05, 4.69) is 10.2 Å². The Morgan fingerprint density at radius 3 is 2.63 bits per heavy atom. The zero-order valence-electron chi connectivity index (χ0n) is 15.5. The molecule has 0 unspecified atom stereocenters. The first-order valence-electron chi connectivity index (χ1n) is 9.13. The van der Waals surface area contributed by atoms with E-state index in [0.717, 1.165) is 24.5 Å². The van der Waals surface area contributed by atoms with Crippen LogP contribution < -0.4 is 10.2 Å². The Balaban J connectivity index is 1.58. The number of carbonyl (C=O) groups is 2. The van der Waals surface area contributed by atoms with Gasteiger partial charge in [-0.25, -0.2) is 0 Å². The molecule has 2 amide bonds. The monoisotopic (exact) mass is 371 g/mol. The normalized spacial score (nSPS) is 14.0. The maximum atomic E-state index is 12.5. The number of nitrogens with one attached hydrogen (secondary N) is 1. The molecule has 2 heterocycles. The van der Waals surface area contributed by atoms with Crippen molar-refractivity contribution in [3.05, 3.63) is 48.4 Å². The number of hydrogen-bond donors (Lipinski definition) is 1. The van der Waals surface area contributed by atoms with Gasteiger partial charge in [-0.2, -0.15) is 0 Å². The second kappa shape index (κ2) is 9.23. The van der Waals surface area contributed by atoms with Gasteiger partial charge in [0.15, 0.2) is 0 Å². The number of nitrogens with zero attached hydrogens (tertiary/aromatic N) is 2. The highest BCUT2D eigenvalue weighted by molar-refractivity contribution is 5.94. The van der Waals surface area contributed by atoms with E-state index in [4.69, 9.17) is 9.15 Å². The summed E-state index contributed by atoms with van der Waals surface area (Å²) >= 11 is 0. The lowest BCUT2D eigenvalue weighted by Crippen LogP contribution is -2.37. The van der Waals surface area contributed by atoms with Crippen LogP contribution in [-0.4, -0.2) is 49.6 Å². The average molecular weight is 371 g/mol. The molecule has 0 aliphatic carbocycles. The van der Waals surface area contributed by atoms with Gasteiger partial charge in [0.05, 0.1) is 37.4 Å². The number of furan rings is 1. The Morgan fingerprint density at radius 1 is 1.15 bits per heavy atom. The van der Waals surface area contributed by atoms with Gasteiger partial charge in [-0.3, -0.25) is 9.59 Å². The first-order valence-corrected chi connectivity index (χ1v) is 9.13. The summed E-state index contributed by atoms with van der Waals surface area (Å²) in [5.74, 6) is 0.484. The quantitative estimate of drug-likeness (QED) is 0.809. The molecule has 1 aliphatic heterocycles. The standard InChI is InChI=1S/C20H25N3O4/c1-16(24)23(15-17-5-4-12-27-17)9-8-20(25)21-18-6-2-3-7-19(18)22-10-13-26-14-11-22/h2-7,12H,8-11,13-15H2,1H3,(H,21,25). The Kier molecular flexibility index (Phi) is 6.49. The Morgan fingerprint density at radius 2 is 1.93 bits per heavy atom. The molecule has 0 atom stereocenters. The lowest BCUT2D eigenvalue weighted by molar-refractivity contribution is -0.130. The molecule has 1 saturated heterocycles. The SMILES string of the molecule is CC(=O)N(CCC(=O)Nc1ccccc1N1CCOCC1)Cc1ccco1. The molecule has 3 rings (SSSR count). The minimum absolute atomic E-state index is 0.0899. The van der Waals surface area contributed by atoms with E-state index in [1.54, 1.807) is 17.2 Å². The van der Waals surface area contributed by atoms with Gasteiger partial charge >= 0.3 is 0 Å². The van der Waals surface area contributed by atoms with Crippen LogP contribution in [0.15, 0.2) is 47.1 Å². The highest BCUT2D eigenvalue weighted by Crippen LogP contribution is 2.26. The Bertz CT molecular complexity index is 754. The lowest BCUT2D eigenvalue weighted by atomic mass is 10.2. The van der Waals surface area contributed by atoms with Crippen molar-refractivity contribution in [2.24, 2.45) is 0 Å². The van der Waals surface area contributed by atoms with E-state index in [9.17, 15) is 9.59 Å². The number of rotatable bonds is 7. The van der Waals surface area contributed by atoms with Crippen molar-refractivity contribution >= 4 is 23.2 Å². The first-order chi connectivity index (χ1) is 13.1. The van der Waals surface area contributed by atoms with Gasteiger partial charge in [-0.1, -0.05) is 12.1 Å². The molecule has 0 bridgehead atoms. The van der Waals surface area contributed by atoms with Crippen LogP contribution in [0.2, 0.25) is 0 Å². The van der Waals surface area contributed by atoms with Gasteiger partial charge in [0.25, 0.3) is 0 Å².